The highest BCUT2D eigenvalue weighted by Gasteiger charge is 2.28. The van der Waals surface area contributed by atoms with Gasteiger partial charge in [0.05, 0.1) is 53.4 Å². The summed E-state index contributed by atoms with van der Waals surface area (Å²) in [5.41, 5.74) is 20.6. The number of nitrogens with two attached hydrogens (primary N) is 1. The lowest BCUT2D eigenvalue weighted by Crippen LogP contribution is -2.44. The summed E-state index contributed by atoms with van der Waals surface area (Å²) in [6, 6.07) is 29.5. The summed E-state index contributed by atoms with van der Waals surface area (Å²) < 4.78 is 10.7. The zero-order chi connectivity index (χ0) is 65.4. The smallest absolute Gasteiger partial charge is 0.161 e. The van der Waals surface area contributed by atoms with Crippen molar-refractivity contribution in [3.05, 3.63) is 165 Å². The van der Waals surface area contributed by atoms with Crippen LogP contribution in [0.15, 0.2) is 165 Å². The minimum atomic E-state index is -0.370. The molecule has 486 valence electrons. The number of rotatable bonds is 16. The Morgan fingerprint density at radius 3 is 1.35 bits per heavy atom. The van der Waals surface area contributed by atoms with Gasteiger partial charge >= 0.3 is 0 Å². The molecule has 1 saturated carbocycles. The number of benzene rings is 3. The fourth-order valence-electron chi connectivity index (χ4n) is 12.1. The zero-order valence-corrected chi connectivity index (χ0v) is 54.3. The fraction of sp³-hybridized carbons (Fsp3) is 0.314. The zero-order valence-electron chi connectivity index (χ0n) is 54.3. The van der Waals surface area contributed by atoms with Gasteiger partial charge in [-0.3, -0.25) is 28.1 Å². The molecule has 3 atom stereocenters. The Kier molecular flexibility index (Phi) is 19.1. The van der Waals surface area contributed by atoms with Gasteiger partial charge in [0.2, 0.25) is 0 Å². The maximum atomic E-state index is 10.4. The molecular formula is C70H80N24O. The Labute approximate surface area is 551 Å². The first-order valence-electron chi connectivity index (χ1n) is 32.3. The number of piperidine rings is 1. The monoisotopic (exact) mass is 1270 g/mol. The van der Waals surface area contributed by atoms with Crippen molar-refractivity contribution in [2.75, 3.05) is 48.7 Å². The Bertz CT molecular complexity index is 4540. The maximum absolute atomic E-state index is 10.4. The van der Waals surface area contributed by atoms with E-state index < -0.39 is 0 Å². The molecule has 3 fully saturated rings. The molecule has 25 heteroatoms. The number of nitrogens with one attached hydrogen (secondary N) is 5. The Morgan fingerprint density at radius 2 is 0.905 bits per heavy atom. The standard InChI is InChI=1S/C24H28N8O.C24H28N8.C22H24N8/c1-31-14-19(10-28-31)16-4-3-5-17(8-16)23-27-12-21(20-11-29-32(2)15-20)24(30-23)26-9-18-6-7-25-13-22(18)33;1-31-11-9-22(30-31)21-15-26-23(29-24(21)28-20-8-3-4-10-25-14-20)18-7-5-6-17(12-18)19-13-27-32(2)16-19;1-29-7-6-20(28-29)19-12-24-21(27-22(19)26-18-9-17(23)10-18)15-5-3-4-14(8-15)16-11-25-30(2)13-16/h3-5,8,10-12,14-15,18,22,25,33H,6-7,9,13H2,1-2H3,(H,26,27,30);5-7,9,11-13,15-16,20,25H,3-4,8,10,14H2,1-2H3,(H,26,28,29);3-8,11-13,17-18H,9-10,23H2,1-2H3,(H,24,26,27)/t18-,22-;;/m1../s1. The van der Waals surface area contributed by atoms with E-state index in [0.29, 0.717) is 42.6 Å². The Hall–Kier alpha value is -10.6. The van der Waals surface area contributed by atoms with Crippen LogP contribution in [0.1, 0.15) is 38.5 Å². The third-order valence-electron chi connectivity index (χ3n) is 17.4. The highest BCUT2D eigenvalue weighted by molar-refractivity contribution is 5.79. The van der Waals surface area contributed by atoms with Crippen molar-refractivity contribution in [3.63, 3.8) is 0 Å². The van der Waals surface area contributed by atoms with E-state index in [1.807, 2.05) is 176 Å². The SMILES string of the molecule is Cn1cc(-c2cccc(-c3ncc(-c4ccn(C)n4)c(NC4CC(N)C4)n3)c2)cn1.Cn1cc(-c2cccc(-c3ncc(-c4ccn(C)n4)c(NC4CCCCNC4)n3)c2)cn1.Cn1cc(-c2cccc(-c3ncc(-c4cnn(C)c4)c(NC[C@H]4CCNC[C@H]4O)n3)c2)cn1. The molecule has 12 aromatic rings. The predicted molar refractivity (Wildman–Crippen MR) is 370 cm³/mol. The van der Waals surface area contributed by atoms with Crippen LogP contribution in [0.2, 0.25) is 0 Å². The van der Waals surface area contributed by atoms with Gasteiger partial charge in [0.1, 0.15) is 17.5 Å². The number of nitrogens with zero attached hydrogens (tertiary/aromatic N) is 18. The Balaban J connectivity index is 0.000000129. The summed E-state index contributed by atoms with van der Waals surface area (Å²) >= 11 is 0. The van der Waals surface area contributed by atoms with Gasteiger partial charge in [0.25, 0.3) is 0 Å². The number of aliphatic hydroxyl groups is 1. The van der Waals surface area contributed by atoms with Gasteiger partial charge in [0, 0.05) is 186 Å². The molecule has 15 rings (SSSR count). The third-order valence-corrected chi connectivity index (χ3v) is 17.4. The van der Waals surface area contributed by atoms with E-state index in [2.05, 4.69) is 104 Å². The fourth-order valence-corrected chi connectivity index (χ4v) is 12.1. The summed E-state index contributed by atoms with van der Waals surface area (Å²) in [6.45, 7) is 4.17. The molecule has 3 aromatic carbocycles. The highest BCUT2D eigenvalue weighted by Crippen LogP contribution is 2.35. The summed E-state index contributed by atoms with van der Waals surface area (Å²) in [5.74, 6) is 4.54. The van der Waals surface area contributed by atoms with Crippen LogP contribution in [0, 0.1) is 5.92 Å². The van der Waals surface area contributed by atoms with Crippen molar-refractivity contribution in [1.29, 1.82) is 0 Å². The summed E-state index contributed by atoms with van der Waals surface area (Å²) in [4.78, 5) is 28.8. The van der Waals surface area contributed by atoms with Crippen molar-refractivity contribution in [2.45, 2.75) is 62.8 Å². The van der Waals surface area contributed by atoms with Crippen LogP contribution in [0.25, 0.3) is 101 Å². The molecule has 2 aliphatic heterocycles. The van der Waals surface area contributed by atoms with E-state index in [1.54, 1.807) is 23.4 Å². The van der Waals surface area contributed by atoms with Crippen LogP contribution in [0.3, 0.4) is 0 Å². The molecule has 1 aliphatic carbocycles. The molecule has 9 aromatic heterocycles. The maximum Gasteiger partial charge on any atom is 0.161 e. The van der Waals surface area contributed by atoms with Crippen LogP contribution in [0.5, 0.6) is 0 Å². The molecule has 11 heterocycles. The van der Waals surface area contributed by atoms with Gasteiger partial charge in [-0.2, -0.15) is 30.6 Å². The lowest BCUT2D eigenvalue weighted by atomic mass is 9.87. The van der Waals surface area contributed by atoms with Crippen molar-refractivity contribution < 1.29 is 5.11 Å². The second-order valence-electron chi connectivity index (χ2n) is 24.8. The lowest BCUT2D eigenvalue weighted by molar-refractivity contribution is 0.0883. The number of hydrogen-bond acceptors (Lipinski definition) is 19. The number of aromatic nitrogens is 18. The molecule has 0 spiro atoms. The first kappa shape index (κ1) is 63.2. The number of β-amino-alcohol motifs (C(OH)–C–C–N with tert-alkyl or cyclic N) is 1. The molecule has 2 saturated heterocycles. The average molecular weight is 1270 g/mol. The molecule has 0 radical (unpaired) electrons. The summed E-state index contributed by atoms with van der Waals surface area (Å²) in [7, 11) is 11.5. The van der Waals surface area contributed by atoms with E-state index >= 15 is 0 Å². The van der Waals surface area contributed by atoms with Crippen LogP contribution in [-0.4, -0.2) is 151 Å². The summed E-state index contributed by atoms with van der Waals surface area (Å²) in [5, 5.41) is 54.1. The second kappa shape index (κ2) is 28.7. The van der Waals surface area contributed by atoms with Gasteiger partial charge in [-0.05, 0) is 92.2 Å². The van der Waals surface area contributed by atoms with Gasteiger partial charge in [-0.15, -0.1) is 0 Å². The van der Waals surface area contributed by atoms with Crippen LogP contribution in [0.4, 0.5) is 17.5 Å². The molecule has 1 unspecified atom stereocenters. The molecule has 25 nitrogen and oxygen atoms in total. The first-order chi connectivity index (χ1) is 46.3. The van der Waals surface area contributed by atoms with Crippen LogP contribution < -0.4 is 32.3 Å². The minimum Gasteiger partial charge on any atom is -0.391 e. The topological polar surface area (TPSA) is 291 Å². The largest absolute Gasteiger partial charge is 0.391 e. The van der Waals surface area contributed by atoms with E-state index in [4.69, 9.17) is 25.7 Å². The van der Waals surface area contributed by atoms with E-state index in [1.165, 1.54) is 12.8 Å². The van der Waals surface area contributed by atoms with E-state index in [-0.39, 0.29) is 18.1 Å². The van der Waals surface area contributed by atoms with Crippen molar-refractivity contribution >= 4 is 17.5 Å². The Morgan fingerprint density at radius 1 is 0.463 bits per heavy atom. The number of aryl methyl sites for hydroxylation is 6. The average Bonchev–Trinajstić information content (AvgIpc) is 1.77. The molecule has 0 amide bonds. The summed E-state index contributed by atoms with van der Waals surface area (Å²) in [6.07, 6.45) is 30.7. The quantitative estimate of drug-likeness (QED) is 0.0476. The van der Waals surface area contributed by atoms with Crippen LogP contribution >= 0.6 is 0 Å². The van der Waals surface area contributed by atoms with Gasteiger partial charge in [0.15, 0.2) is 17.5 Å². The van der Waals surface area contributed by atoms with Crippen LogP contribution in [-0.2, 0) is 42.3 Å². The minimum absolute atomic E-state index is 0.167. The van der Waals surface area contributed by atoms with Gasteiger partial charge < -0.3 is 37.4 Å². The van der Waals surface area contributed by atoms with Crippen molar-refractivity contribution in [1.82, 2.24) is 99.2 Å². The molecule has 95 heavy (non-hydrogen) atoms. The van der Waals surface area contributed by atoms with Gasteiger partial charge in [-0.1, -0.05) is 61.0 Å². The van der Waals surface area contributed by atoms with Crippen molar-refractivity contribution in [2.24, 2.45) is 53.9 Å². The predicted octanol–water partition coefficient (Wildman–Crippen LogP) is 8.67. The highest BCUT2D eigenvalue weighted by atomic mass is 16.3. The second-order valence-corrected chi connectivity index (χ2v) is 24.8. The lowest BCUT2D eigenvalue weighted by Gasteiger charge is -2.33. The normalized spacial score (nSPS) is 17.7. The van der Waals surface area contributed by atoms with Crippen molar-refractivity contribution in [3.8, 4) is 101 Å². The first-order valence-corrected chi connectivity index (χ1v) is 32.3. The molecule has 3 aliphatic rings. The molecule has 0 bridgehead atoms. The number of aliphatic hydroxyl groups excluding tert-OH is 1. The van der Waals surface area contributed by atoms with Gasteiger partial charge in [-0.25, -0.2) is 29.9 Å². The third kappa shape index (κ3) is 15.4. The number of hydrogen-bond donors (Lipinski definition) is 7. The molecular weight excluding hydrogens is 1190 g/mol. The van der Waals surface area contributed by atoms with E-state index in [0.717, 1.165) is 146 Å². The number of anilines is 3. The molecule has 8 N–H and O–H groups in total. The van der Waals surface area contributed by atoms with E-state index in [9.17, 15) is 5.11 Å².